The molecule has 2 nitrogen and oxygen atoms in total. The Morgan fingerprint density at radius 2 is 2.12 bits per heavy atom. The maximum absolute atomic E-state index is 12.0. The van der Waals surface area contributed by atoms with Crippen LogP contribution in [0.3, 0.4) is 0 Å². The molecule has 0 bridgehead atoms. The van der Waals surface area contributed by atoms with Crippen molar-refractivity contribution in [1.82, 2.24) is 0 Å². The number of carbonyl (C=O) groups is 1. The minimum Gasteiger partial charge on any atom is -0.365 e. The van der Waals surface area contributed by atoms with Crippen molar-refractivity contribution in [1.29, 1.82) is 0 Å². The zero-order chi connectivity index (χ0) is 11.9. The summed E-state index contributed by atoms with van der Waals surface area (Å²) in [6, 6.07) is 0. The third-order valence-electron chi connectivity index (χ3n) is 3.60. The van der Waals surface area contributed by atoms with E-state index in [-0.39, 0.29) is 17.3 Å². The van der Waals surface area contributed by atoms with Crippen LogP contribution in [0.15, 0.2) is 22.8 Å². The first-order chi connectivity index (χ1) is 7.42. The van der Waals surface area contributed by atoms with Gasteiger partial charge in [-0.25, -0.2) is 0 Å². The molecular weight excluding hydrogens is 200 g/mol. The summed E-state index contributed by atoms with van der Waals surface area (Å²) in [7, 11) is 0. The van der Waals surface area contributed by atoms with Crippen molar-refractivity contribution in [2.75, 3.05) is 6.61 Å². The summed E-state index contributed by atoms with van der Waals surface area (Å²) in [6.07, 6.45) is 3.59. The van der Waals surface area contributed by atoms with Gasteiger partial charge in [0.25, 0.3) is 0 Å². The lowest BCUT2D eigenvalue weighted by Crippen LogP contribution is -2.27. The van der Waals surface area contributed by atoms with E-state index < -0.39 is 0 Å². The minimum atomic E-state index is -0.0907. The van der Waals surface area contributed by atoms with Gasteiger partial charge in [0.05, 0.1) is 6.61 Å². The van der Waals surface area contributed by atoms with E-state index in [4.69, 9.17) is 4.74 Å². The number of carbonyl (C=O) groups excluding carboxylic acids is 1. The summed E-state index contributed by atoms with van der Waals surface area (Å²) in [5.74, 6) is 0.286. The highest BCUT2D eigenvalue weighted by atomic mass is 16.5. The SMILES string of the molecule is CC(C)=CC1OCC2=C1C(=O)CCC2(C)C. The normalized spacial score (nSPS) is 28.0. The van der Waals surface area contributed by atoms with Crippen LogP contribution in [0, 0.1) is 5.41 Å². The average molecular weight is 220 g/mol. The van der Waals surface area contributed by atoms with Gasteiger partial charge in [-0.15, -0.1) is 0 Å². The van der Waals surface area contributed by atoms with Crippen molar-refractivity contribution in [3.05, 3.63) is 22.8 Å². The lowest BCUT2D eigenvalue weighted by Gasteiger charge is -2.30. The highest BCUT2D eigenvalue weighted by molar-refractivity contribution is 5.99. The second kappa shape index (κ2) is 3.85. The maximum Gasteiger partial charge on any atom is 0.161 e. The quantitative estimate of drug-likeness (QED) is 0.635. The number of ketones is 1. The molecular formula is C14H20O2. The molecule has 16 heavy (non-hydrogen) atoms. The summed E-state index contributed by atoms with van der Waals surface area (Å²) in [6.45, 7) is 9.13. The highest BCUT2D eigenvalue weighted by Gasteiger charge is 2.40. The Labute approximate surface area is 97.4 Å². The van der Waals surface area contributed by atoms with Crippen LogP contribution in [0.4, 0.5) is 0 Å². The smallest absolute Gasteiger partial charge is 0.161 e. The van der Waals surface area contributed by atoms with E-state index in [2.05, 4.69) is 19.9 Å². The first-order valence-electron chi connectivity index (χ1n) is 5.95. The average Bonchev–Trinajstić information content (AvgIpc) is 2.57. The third kappa shape index (κ3) is 1.86. The molecule has 0 spiro atoms. The van der Waals surface area contributed by atoms with Crippen LogP contribution >= 0.6 is 0 Å². The summed E-state index contributed by atoms with van der Waals surface area (Å²) in [4.78, 5) is 12.0. The molecule has 0 amide bonds. The molecule has 2 heteroatoms. The summed E-state index contributed by atoms with van der Waals surface area (Å²) in [5.41, 5.74) is 3.51. The Bertz CT molecular complexity index is 382. The number of hydrogen-bond acceptors (Lipinski definition) is 2. The van der Waals surface area contributed by atoms with Gasteiger partial charge in [-0.2, -0.15) is 0 Å². The van der Waals surface area contributed by atoms with Crippen LogP contribution in [0.5, 0.6) is 0 Å². The third-order valence-corrected chi connectivity index (χ3v) is 3.60. The lowest BCUT2D eigenvalue weighted by molar-refractivity contribution is -0.117. The molecule has 1 aliphatic carbocycles. The molecule has 0 saturated carbocycles. The molecule has 1 aliphatic heterocycles. The Hall–Kier alpha value is -0.890. The zero-order valence-electron chi connectivity index (χ0n) is 10.6. The first kappa shape index (κ1) is 11.6. The van der Waals surface area contributed by atoms with Crippen LogP contribution in [-0.4, -0.2) is 18.5 Å². The fourth-order valence-electron chi connectivity index (χ4n) is 2.54. The number of ether oxygens (including phenoxy) is 1. The fourth-order valence-corrected chi connectivity index (χ4v) is 2.54. The predicted octanol–water partition coefficient (Wildman–Crippen LogP) is 3.04. The molecule has 2 rings (SSSR count). The topological polar surface area (TPSA) is 26.3 Å². The second-order valence-corrected chi connectivity index (χ2v) is 5.67. The Morgan fingerprint density at radius 1 is 1.44 bits per heavy atom. The van der Waals surface area contributed by atoms with Gasteiger partial charge in [0, 0.05) is 12.0 Å². The molecule has 0 radical (unpaired) electrons. The standard InChI is InChI=1S/C14H20O2/c1-9(2)7-12-13-10(8-16-12)14(3,4)6-5-11(13)15/h7,12H,5-6,8H2,1-4H3. The van der Waals surface area contributed by atoms with Gasteiger partial charge in [-0.1, -0.05) is 25.5 Å². The summed E-state index contributed by atoms with van der Waals surface area (Å²) < 4.78 is 5.75. The highest BCUT2D eigenvalue weighted by Crippen LogP contribution is 2.43. The largest absolute Gasteiger partial charge is 0.365 e. The Morgan fingerprint density at radius 3 is 2.75 bits per heavy atom. The monoisotopic (exact) mass is 220 g/mol. The van der Waals surface area contributed by atoms with E-state index in [0.717, 1.165) is 12.0 Å². The fraction of sp³-hybridized carbons (Fsp3) is 0.643. The summed E-state index contributed by atoms with van der Waals surface area (Å²) in [5, 5.41) is 0. The van der Waals surface area contributed by atoms with Crippen molar-refractivity contribution < 1.29 is 9.53 Å². The molecule has 0 saturated heterocycles. The van der Waals surface area contributed by atoms with Crippen molar-refractivity contribution in [2.45, 2.75) is 46.6 Å². The van der Waals surface area contributed by atoms with E-state index in [1.54, 1.807) is 0 Å². The van der Waals surface area contributed by atoms with E-state index in [1.165, 1.54) is 11.1 Å². The number of Topliss-reactive ketones (excluding diaryl/α,β-unsaturated/α-hetero) is 1. The van der Waals surface area contributed by atoms with Crippen LogP contribution in [0.25, 0.3) is 0 Å². The van der Waals surface area contributed by atoms with Crippen LogP contribution < -0.4 is 0 Å². The zero-order valence-corrected chi connectivity index (χ0v) is 10.6. The van der Waals surface area contributed by atoms with Gasteiger partial charge >= 0.3 is 0 Å². The van der Waals surface area contributed by atoms with E-state index >= 15 is 0 Å². The molecule has 0 fully saturated rings. The molecule has 0 aromatic heterocycles. The predicted molar refractivity (Wildman–Crippen MR) is 64.2 cm³/mol. The molecule has 0 N–H and O–H groups in total. The van der Waals surface area contributed by atoms with Gasteiger partial charge in [0.2, 0.25) is 0 Å². The number of hydrogen-bond donors (Lipinski definition) is 0. The summed E-state index contributed by atoms with van der Waals surface area (Å²) >= 11 is 0. The Balaban J connectivity index is 2.41. The number of allylic oxidation sites excluding steroid dienone is 1. The van der Waals surface area contributed by atoms with Crippen molar-refractivity contribution >= 4 is 5.78 Å². The van der Waals surface area contributed by atoms with Crippen LogP contribution in [-0.2, 0) is 9.53 Å². The van der Waals surface area contributed by atoms with Gasteiger partial charge in [-0.05, 0) is 31.3 Å². The Kier molecular flexibility index (Phi) is 2.79. The van der Waals surface area contributed by atoms with Crippen LogP contribution in [0.2, 0.25) is 0 Å². The molecule has 0 aromatic carbocycles. The van der Waals surface area contributed by atoms with E-state index in [0.29, 0.717) is 13.0 Å². The van der Waals surface area contributed by atoms with Crippen molar-refractivity contribution in [3.63, 3.8) is 0 Å². The van der Waals surface area contributed by atoms with Gasteiger partial charge < -0.3 is 4.74 Å². The van der Waals surface area contributed by atoms with Crippen LogP contribution in [0.1, 0.15) is 40.5 Å². The van der Waals surface area contributed by atoms with Gasteiger partial charge in [0.1, 0.15) is 6.10 Å². The van der Waals surface area contributed by atoms with Crippen molar-refractivity contribution in [3.8, 4) is 0 Å². The second-order valence-electron chi connectivity index (χ2n) is 5.67. The molecule has 1 atom stereocenters. The first-order valence-corrected chi connectivity index (χ1v) is 5.95. The number of rotatable bonds is 1. The molecule has 0 aromatic rings. The lowest BCUT2D eigenvalue weighted by atomic mass is 9.72. The molecule has 1 unspecified atom stereocenters. The van der Waals surface area contributed by atoms with Gasteiger partial charge in [0.15, 0.2) is 5.78 Å². The molecule has 88 valence electrons. The molecule has 2 aliphatic rings. The maximum atomic E-state index is 12.0. The van der Waals surface area contributed by atoms with E-state index in [1.807, 2.05) is 13.8 Å². The van der Waals surface area contributed by atoms with Gasteiger partial charge in [-0.3, -0.25) is 4.79 Å². The molecule has 1 heterocycles. The van der Waals surface area contributed by atoms with E-state index in [9.17, 15) is 4.79 Å². The van der Waals surface area contributed by atoms with Crippen molar-refractivity contribution in [2.24, 2.45) is 5.41 Å². The minimum absolute atomic E-state index is 0.0907.